The van der Waals surface area contributed by atoms with Crippen molar-refractivity contribution in [2.24, 2.45) is 5.73 Å². The maximum absolute atomic E-state index is 12.3. The molecule has 4 nitrogen and oxygen atoms in total. The average molecular weight is 329 g/mol. The maximum Gasteiger partial charge on any atom is 0.573 e. The maximum atomic E-state index is 12.3. The first kappa shape index (κ1) is 15.1. The topological polar surface area (TPSA) is 74.2 Å². The quantitative estimate of drug-likeness (QED) is 0.888. The molecule has 2 aromatic rings. The van der Waals surface area contributed by atoms with Gasteiger partial charge in [0.1, 0.15) is 5.75 Å². The number of nitrogens with zero attached hydrogens (tertiary/aromatic N) is 1. The van der Waals surface area contributed by atoms with Crippen LogP contribution in [-0.2, 0) is 18.4 Å². The first-order valence-electron chi connectivity index (χ1n) is 6.64. The van der Waals surface area contributed by atoms with Crippen molar-refractivity contribution in [3.8, 4) is 5.75 Å². The smallest absolute Gasteiger partial charge is 0.406 e. The van der Waals surface area contributed by atoms with Crippen LogP contribution in [0.15, 0.2) is 24.3 Å². The third-order valence-electron chi connectivity index (χ3n) is 3.72. The molecule has 118 valence electrons. The Morgan fingerprint density at radius 3 is 2.82 bits per heavy atom. The number of thiazole rings is 1. The molecule has 1 unspecified atom stereocenters. The molecule has 1 aromatic heterocycles. The van der Waals surface area contributed by atoms with Crippen molar-refractivity contribution < 1.29 is 17.9 Å². The minimum Gasteiger partial charge on any atom is -0.406 e. The van der Waals surface area contributed by atoms with Gasteiger partial charge in [0.05, 0.1) is 5.69 Å². The van der Waals surface area contributed by atoms with Gasteiger partial charge >= 0.3 is 6.36 Å². The molecule has 0 saturated heterocycles. The molecular formula is C14H14F3N3OS. The number of ether oxygens (including phenoxy) is 1. The lowest BCUT2D eigenvalue weighted by molar-refractivity contribution is -0.274. The number of anilines is 1. The Hall–Kier alpha value is -1.80. The Morgan fingerprint density at radius 2 is 2.09 bits per heavy atom. The lowest BCUT2D eigenvalue weighted by Crippen LogP contribution is -2.41. The van der Waals surface area contributed by atoms with Crippen LogP contribution >= 0.6 is 11.3 Å². The van der Waals surface area contributed by atoms with Crippen molar-refractivity contribution in [3.63, 3.8) is 0 Å². The Labute approximate surface area is 128 Å². The van der Waals surface area contributed by atoms with Gasteiger partial charge in [0, 0.05) is 16.8 Å². The van der Waals surface area contributed by atoms with Gasteiger partial charge in [0.2, 0.25) is 0 Å². The van der Waals surface area contributed by atoms with Crippen molar-refractivity contribution in [2.45, 2.75) is 31.2 Å². The minimum atomic E-state index is -4.72. The van der Waals surface area contributed by atoms with Crippen LogP contribution in [0, 0.1) is 0 Å². The zero-order chi connectivity index (χ0) is 16.0. The molecule has 1 heterocycles. The summed E-state index contributed by atoms with van der Waals surface area (Å²) in [5.74, 6) is -0.260. The van der Waals surface area contributed by atoms with E-state index in [1.807, 2.05) is 0 Å². The molecule has 0 bridgehead atoms. The van der Waals surface area contributed by atoms with Gasteiger partial charge in [0.25, 0.3) is 0 Å². The van der Waals surface area contributed by atoms with Crippen molar-refractivity contribution in [1.29, 1.82) is 0 Å². The second-order valence-corrected chi connectivity index (χ2v) is 6.45. The lowest BCUT2D eigenvalue weighted by atomic mass is 9.78. The highest BCUT2D eigenvalue weighted by Gasteiger charge is 2.36. The summed E-state index contributed by atoms with van der Waals surface area (Å²) >= 11 is 1.38. The Morgan fingerprint density at radius 1 is 1.32 bits per heavy atom. The number of hydrogen-bond donors (Lipinski definition) is 2. The summed E-state index contributed by atoms with van der Waals surface area (Å²) in [6.07, 6.45) is -2.96. The first-order valence-corrected chi connectivity index (χ1v) is 7.46. The predicted octanol–water partition coefficient (Wildman–Crippen LogP) is 2.97. The number of halogens is 3. The fourth-order valence-corrected chi connectivity index (χ4v) is 3.71. The summed E-state index contributed by atoms with van der Waals surface area (Å²) in [7, 11) is 0. The number of aromatic nitrogens is 1. The molecular weight excluding hydrogens is 315 g/mol. The molecule has 0 saturated carbocycles. The van der Waals surface area contributed by atoms with Crippen LogP contribution in [0.1, 0.15) is 22.6 Å². The number of alkyl halides is 3. The third-order valence-corrected chi connectivity index (χ3v) is 4.65. The van der Waals surface area contributed by atoms with E-state index in [2.05, 4.69) is 9.72 Å². The van der Waals surface area contributed by atoms with E-state index >= 15 is 0 Å². The van der Waals surface area contributed by atoms with Crippen LogP contribution < -0.4 is 16.2 Å². The highest BCUT2D eigenvalue weighted by Crippen LogP contribution is 2.38. The average Bonchev–Trinajstić information content (AvgIpc) is 2.76. The zero-order valence-corrected chi connectivity index (χ0v) is 12.3. The number of rotatable bonds is 2. The summed E-state index contributed by atoms with van der Waals surface area (Å²) in [5, 5.41) is 0.489. The van der Waals surface area contributed by atoms with Crippen molar-refractivity contribution in [2.75, 3.05) is 5.73 Å². The second-order valence-electron chi connectivity index (χ2n) is 5.33. The van der Waals surface area contributed by atoms with E-state index in [-0.39, 0.29) is 5.75 Å². The van der Waals surface area contributed by atoms with E-state index in [0.717, 1.165) is 10.6 Å². The molecule has 4 N–H and O–H groups in total. The van der Waals surface area contributed by atoms with E-state index in [9.17, 15) is 13.2 Å². The summed E-state index contributed by atoms with van der Waals surface area (Å²) in [6.45, 7) is 0. The predicted molar refractivity (Wildman–Crippen MR) is 77.5 cm³/mol. The van der Waals surface area contributed by atoms with E-state index in [4.69, 9.17) is 11.5 Å². The standard InChI is InChI=1S/C14H14F3N3OS/c15-14(16,17)21-9-3-1-2-8(6-9)13(19)5-4-10-11(7-13)22-12(18)20-10/h1-3,6H,4-5,7,19H2,(H2,18,20). The van der Waals surface area contributed by atoms with E-state index in [0.29, 0.717) is 30.0 Å². The minimum absolute atomic E-state index is 0.260. The van der Waals surface area contributed by atoms with Crippen LogP contribution in [0.5, 0.6) is 5.75 Å². The normalized spacial score (nSPS) is 21.5. The molecule has 0 aliphatic heterocycles. The highest BCUT2D eigenvalue weighted by molar-refractivity contribution is 7.15. The third kappa shape index (κ3) is 3.02. The summed E-state index contributed by atoms with van der Waals surface area (Å²) in [6, 6.07) is 5.85. The molecule has 0 spiro atoms. The van der Waals surface area contributed by atoms with Crippen molar-refractivity contribution in [1.82, 2.24) is 4.98 Å². The fourth-order valence-electron chi connectivity index (χ4n) is 2.70. The molecule has 1 aliphatic rings. The lowest BCUT2D eigenvalue weighted by Gasteiger charge is -2.33. The van der Waals surface area contributed by atoms with Crippen LogP contribution in [0.25, 0.3) is 0 Å². The molecule has 1 aliphatic carbocycles. The van der Waals surface area contributed by atoms with Gasteiger partial charge in [-0.25, -0.2) is 4.98 Å². The molecule has 1 atom stereocenters. The second kappa shape index (κ2) is 5.13. The van der Waals surface area contributed by atoms with Crippen LogP contribution in [0.3, 0.4) is 0 Å². The van der Waals surface area contributed by atoms with Gasteiger partial charge in [-0.05, 0) is 30.5 Å². The summed E-state index contributed by atoms with van der Waals surface area (Å²) < 4.78 is 41.0. The molecule has 8 heteroatoms. The molecule has 0 fully saturated rings. The van der Waals surface area contributed by atoms with E-state index in [1.165, 1.54) is 29.5 Å². The Balaban J connectivity index is 1.89. The van der Waals surface area contributed by atoms with Gasteiger partial charge in [-0.15, -0.1) is 24.5 Å². The number of benzene rings is 1. The van der Waals surface area contributed by atoms with E-state index in [1.54, 1.807) is 6.07 Å². The van der Waals surface area contributed by atoms with Crippen LogP contribution in [0.4, 0.5) is 18.3 Å². The number of hydrogen-bond acceptors (Lipinski definition) is 5. The first-order chi connectivity index (χ1) is 10.3. The number of nitrogen functional groups attached to an aromatic ring is 1. The number of aryl methyl sites for hydroxylation is 1. The summed E-state index contributed by atoms with van der Waals surface area (Å²) in [4.78, 5) is 5.24. The SMILES string of the molecule is Nc1nc2c(s1)CC(N)(c1cccc(OC(F)(F)F)c1)CC2. The number of fused-ring (bicyclic) bond motifs is 1. The fraction of sp³-hybridized carbons (Fsp3) is 0.357. The summed E-state index contributed by atoms with van der Waals surface area (Å²) in [5.41, 5.74) is 13.0. The van der Waals surface area contributed by atoms with Gasteiger partial charge in [-0.3, -0.25) is 0 Å². The van der Waals surface area contributed by atoms with Crippen molar-refractivity contribution in [3.05, 3.63) is 40.4 Å². The van der Waals surface area contributed by atoms with Crippen molar-refractivity contribution >= 4 is 16.5 Å². The highest BCUT2D eigenvalue weighted by atomic mass is 32.1. The number of nitrogens with two attached hydrogens (primary N) is 2. The Bertz CT molecular complexity index is 701. The molecule has 22 heavy (non-hydrogen) atoms. The molecule has 0 radical (unpaired) electrons. The molecule has 3 rings (SSSR count). The van der Waals surface area contributed by atoms with Gasteiger partial charge in [0.15, 0.2) is 5.13 Å². The van der Waals surface area contributed by atoms with Gasteiger partial charge in [-0.1, -0.05) is 12.1 Å². The van der Waals surface area contributed by atoms with Crippen LogP contribution in [-0.4, -0.2) is 11.3 Å². The van der Waals surface area contributed by atoms with E-state index < -0.39 is 11.9 Å². The van der Waals surface area contributed by atoms with Gasteiger partial charge < -0.3 is 16.2 Å². The molecule has 0 amide bonds. The zero-order valence-electron chi connectivity index (χ0n) is 11.5. The molecule has 1 aromatic carbocycles. The monoisotopic (exact) mass is 329 g/mol. The Kier molecular flexibility index (Phi) is 3.53. The van der Waals surface area contributed by atoms with Gasteiger partial charge in [-0.2, -0.15) is 0 Å². The van der Waals surface area contributed by atoms with Crippen LogP contribution in [0.2, 0.25) is 0 Å². The largest absolute Gasteiger partial charge is 0.573 e.